The molecule has 2 aromatic rings. The molecule has 1 atom stereocenters. The maximum Gasteiger partial charge on any atom is 0.407 e. The second-order valence-electron chi connectivity index (χ2n) is 11.1. The summed E-state index contributed by atoms with van der Waals surface area (Å²) in [6.45, 7) is 7.48. The van der Waals surface area contributed by atoms with Gasteiger partial charge in [0.1, 0.15) is 5.60 Å². The number of nitrogens with one attached hydrogen (secondary N) is 3. The summed E-state index contributed by atoms with van der Waals surface area (Å²) in [7, 11) is 0. The molecule has 6 heteroatoms. The number of hydrogen-bond donors (Lipinski definition) is 3. The van der Waals surface area contributed by atoms with Crippen molar-refractivity contribution in [2.24, 2.45) is 5.92 Å². The van der Waals surface area contributed by atoms with Crippen molar-refractivity contribution in [2.75, 3.05) is 13.1 Å². The topological polar surface area (TPSA) is 79.5 Å². The van der Waals surface area contributed by atoms with E-state index >= 15 is 0 Å². The summed E-state index contributed by atoms with van der Waals surface area (Å²) < 4.78 is 5.29. The molecule has 2 amide bonds. The van der Waals surface area contributed by atoms with Crippen molar-refractivity contribution in [2.45, 2.75) is 96.7 Å². The van der Waals surface area contributed by atoms with Gasteiger partial charge in [0.25, 0.3) is 0 Å². The van der Waals surface area contributed by atoms with Gasteiger partial charge >= 0.3 is 6.09 Å². The van der Waals surface area contributed by atoms with Crippen molar-refractivity contribution >= 4 is 22.8 Å². The normalized spacial score (nSPS) is 15.4. The number of carbonyl (C=O) groups is 2. The molecule has 6 nitrogen and oxygen atoms in total. The van der Waals surface area contributed by atoms with Gasteiger partial charge < -0.3 is 20.7 Å². The molecule has 0 heterocycles. The van der Waals surface area contributed by atoms with Crippen LogP contribution in [-0.2, 0) is 16.1 Å². The van der Waals surface area contributed by atoms with E-state index in [1.165, 1.54) is 48.4 Å². The fraction of sp³-hybridized carbons (Fsp3) is 0.600. The smallest absolute Gasteiger partial charge is 0.407 e. The Kier molecular flexibility index (Phi) is 11.1. The largest absolute Gasteiger partial charge is 0.444 e. The van der Waals surface area contributed by atoms with Crippen molar-refractivity contribution < 1.29 is 14.3 Å². The summed E-state index contributed by atoms with van der Waals surface area (Å²) in [4.78, 5) is 24.9. The molecule has 1 aliphatic rings. The Morgan fingerprint density at radius 2 is 1.69 bits per heavy atom. The Morgan fingerprint density at radius 1 is 0.944 bits per heavy atom. The third-order valence-corrected chi connectivity index (χ3v) is 6.85. The second kappa shape index (κ2) is 14.2. The molecule has 0 unspecified atom stereocenters. The average molecular weight is 496 g/mol. The van der Waals surface area contributed by atoms with E-state index in [4.69, 9.17) is 4.74 Å². The summed E-state index contributed by atoms with van der Waals surface area (Å²) >= 11 is 0. The third kappa shape index (κ3) is 10.2. The van der Waals surface area contributed by atoms with Crippen molar-refractivity contribution in [3.63, 3.8) is 0 Å². The molecule has 0 bridgehead atoms. The lowest BCUT2D eigenvalue weighted by molar-refractivity contribution is -0.123. The van der Waals surface area contributed by atoms with Crippen LogP contribution in [0.1, 0.15) is 84.1 Å². The number of benzene rings is 2. The summed E-state index contributed by atoms with van der Waals surface area (Å²) in [6, 6.07) is 14.5. The molecule has 0 aromatic heterocycles. The summed E-state index contributed by atoms with van der Waals surface area (Å²) in [5.41, 5.74) is 0.665. The van der Waals surface area contributed by atoms with Gasteiger partial charge in [0.05, 0.1) is 6.04 Å². The molecule has 1 aliphatic carbocycles. The van der Waals surface area contributed by atoms with Crippen molar-refractivity contribution in [3.05, 3.63) is 48.0 Å². The maximum absolute atomic E-state index is 13.1. The predicted octanol–water partition coefficient (Wildman–Crippen LogP) is 6.08. The van der Waals surface area contributed by atoms with E-state index < -0.39 is 11.7 Å². The Bertz CT molecular complexity index is 963. The minimum Gasteiger partial charge on any atom is -0.444 e. The Hall–Kier alpha value is -2.60. The molecule has 2 aromatic carbocycles. The van der Waals surface area contributed by atoms with Gasteiger partial charge in [-0.2, -0.15) is 0 Å². The quantitative estimate of drug-likeness (QED) is 0.312. The lowest BCUT2D eigenvalue weighted by Crippen LogP contribution is -2.44. The number of amides is 2. The summed E-state index contributed by atoms with van der Waals surface area (Å²) in [5, 5.41) is 11.9. The van der Waals surface area contributed by atoms with E-state index in [1.54, 1.807) is 0 Å². The standard InChI is InChI=1S/C30H45N3O3/c1-30(2,3)36-29(35)32-19-10-9-15-27(28(34)31-20-18-23-11-5-4-6-12-23)33-22-24-16-17-25-13-7-8-14-26(25)21-24/h7-8,13-14,16-17,21,23,27,33H,4-6,9-12,15,18-20,22H2,1-3H3,(H,31,34)(H,32,35)/t27-/m0/s1. The van der Waals surface area contributed by atoms with Gasteiger partial charge in [0, 0.05) is 19.6 Å². The first-order valence-corrected chi connectivity index (χ1v) is 13.8. The number of alkyl carbamates (subject to hydrolysis) is 1. The molecule has 1 saturated carbocycles. The maximum atomic E-state index is 13.1. The molecule has 36 heavy (non-hydrogen) atoms. The van der Waals surface area contributed by atoms with Crippen LogP contribution in [0.15, 0.2) is 42.5 Å². The average Bonchev–Trinajstić information content (AvgIpc) is 2.85. The van der Waals surface area contributed by atoms with Crippen LogP contribution in [0.5, 0.6) is 0 Å². The molecule has 0 radical (unpaired) electrons. The fourth-order valence-corrected chi connectivity index (χ4v) is 4.89. The highest BCUT2D eigenvalue weighted by Crippen LogP contribution is 2.25. The van der Waals surface area contributed by atoms with Crippen LogP contribution in [0.2, 0.25) is 0 Å². The highest BCUT2D eigenvalue weighted by Gasteiger charge is 2.19. The lowest BCUT2D eigenvalue weighted by Gasteiger charge is -2.23. The van der Waals surface area contributed by atoms with Crippen molar-refractivity contribution in [3.8, 4) is 0 Å². The van der Waals surface area contributed by atoms with E-state index in [0.717, 1.165) is 38.1 Å². The van der Waals surface area contributed by atoms with E-state index in [9.17, 15) is 9.59 Å². The van der Waals surface area contributed by atoms with E-state index in [-0.39, 0.29) is 11.9 Å². The van der Waals surface area contributed by atoms with Crippen LogP contribution in [0.25, 0.3) is 10.8 Å². The monoisotopic (exact) mass is 495 g/mol. The Labute approximate surface area is 216 Å². The number of hydrogen-bond acceptors (Lipinski definition) is 4. The van der Waals surface area contributed by atoms with Gasteiger partial charge in [-0.15, -0.1) is 0 Å². The molecule has 0 spiro atoms. The number of carbonyl (C=O) groups excluding carboxylic acids is 2. The van der Waals surface area contributed by atoms with E-state index in [2.05, 4.69) is 46.3 Å². The zero-order valence-corrected chi connectivity index (χ0v) is 22.4. The summed E-state index contributed by atoms with van der Waals surface area (Å²) in [5.74, 6) is 0.827. The van der Waals surface area contributed by atoms with Gasteiger partial charge in [-0.3, -0.25) is 4.79 Å². The molecule has 0 aliphatic heterocycles. The number of rotatable bonds is 12. The van der Waals surface area contributed by atoms with Crippen LogP contribution in [-0.4, -0.2) is 36.7 Å². The van der Waals surface area contributed by atoms with Crippen molar-refractivity contribution in [1.29, 1.82) is 0 Å². The number of fused-ring (bicyclic) bond motifs is 1. The van der Waals surface area contributed by atoms with Crippen LogP contribution >= 0.6 is 0 Å². The van der Waals surface area contributed by atoms with Gasteiger partial charge in [-0.05, 0) is 74.8 Å². The van der Waals surface area contributed by atoms with Gasteiger partial charge in [0.2, 0.25) is 5.91 Å². The van der Waals surface area contributed by atoms with Gasteiger partial charge in [-0.25, -0.2) is 4.79 Å². The van der Waals surface area contributed by atoms with Gasteiger partial charge in [-0.1, -0.05) is 68.5 Å². The van der Waals surface area contributed by atoms with Crippen LogP contribution in [0, 0.1) is 5.92 Å². The molecule has 1 fully saturated rings. The minimum absolute atomic E-state index is 0.0756. The molecule has 0 saturated heterocycles. The van der Waals surface area contributed by atoms with E-state index in [0.29, 0.717) is 13.1 Å². The first kappa shape index (κ1) is 28.0. The molecule has 3 N–H and O–H groups in total. The molecular weight excluding hydrogens is 450 g/mol. The van der Waals surface area contributed by atoms with Crippen LogP contribution < -0.4 is 16.0 Å². The van der Waals surface area contributed by atoms with Crippen molar-refractivity contribution in [1.82, 2.24) is 16.0 Å². The SMILES string of the molecule is CC(C)(C)OC(=O)NCCCC[C@H](NCc1ccc2ccccc2c1)C(=O)NCCC1CCCCC1. The highest BCUT2D eigenvalue weighted by molar-refractivity contribution is 5.83. The second-order valence-corrected chi connectivity index (χ2v) is 11.1. The number of ether oxygens (including phenoxy) is 1. The van der Waals surface area contributed by atoms with Gasteiger partial charge in [0.15, 0.2) is 0 Å². The first-order valence-electron chi connectivity index (χ1n) is 13.8. The molecular formula is C30H45N3O3. The lowest BCUT2D eigenvalue weighted by atomic mass is 9.87. The Morgan fingerprint density at radius 3 is 2.44 bits per heavy atom. The fourth-order valence-electron chi connectivity index (χ4n) is 4.89. The third-order valence-electron chi connectivity index (χ3n) is 6.85. The van der Waals surface area contributed by atoms with Crippen LogP contribution in [0.3, 0.4) is 0 Å². The highest BCUT2D eigenvalue weighted by atomic mass is 16.6. The molecule has 198 valence electrons. The first-order chi connectivity index (χ1) is 17.3. The Balaban J connectivity index is 1.48. The van der Waals surface area contributed by atoms with E-state index in [1.807, 2.05) is 32.9 Å². The zero-order chi connectivity index (χ0) is 25.8. The zero-order valence-electron chi connectivity index (χ0n) is 22.4. The van der Waals surface area contributed by atoms with Crippen LogP contribution in [0.4, 0.5) is 4.79 Å². The predicted molar refractivity (Wildman–Crippen MR) is 147 cm³/mol. The number of unbranched alkanes of at least 4 members (excludes halogenated alkanes) is 1. The summed E-state index contributed by atoms with van der Waals surface area (Å²) in [6.07, 6.45) is 9.62. The minimum atomic E-state index is -0.502. The molecule has 3 rings (SSSR count).